The molecule has 0 unspecified atom stereocenters. The van der Waals surface area contributed by atoms with Gasteiger partial charge in [0.1, 0.15) is 10.6 Å². The van der Waals surface area contributed by atoms with Gasteiger partial charge in [-0.25, -0.2) is 17.3 Å². The van der Waals surface area contributed by atoms with Crippen molar-refractivity contribution in [2.45, 2.75) is 4.90 Å². The normalized spacial score (nSPS) is 12.7. The molecule has 0 radical (unpaired) electrons. The number of hydrogen-bond acceptors (Lipinski definition) is 6. The quantitative estimate of drug-likeness (QED) is 0.737. The molecule has 0 atom stereocenters. The monoisotopic (exact) mass is 343 g/mol. The van der Waals surface area contributed by atoms with Crippen molar-refractivity contribution in [3.05, 3.63) is 23.2 Å². The van der Waals surface area contributed by atoms with Gasteiger partial charge in [0.2, 0.25) is 10.0 Å². The lowest BCUT2D eigenvalue weighted by Crippen LogP contribution is -2.22. The Morgan fingerprint density at radius 3 is 2.15 bits per heavy atom. The maximum Gasteiger partial charge on any atom is 0.529 e. The van der Waals surface area contributed by atoms with Crippen molar-refractivity contribution >= 4 is 29.4 Å². The van der Waals surface area contributed by atoms with E-state index in [-0.39, 0.29) is 15.7 Å². The van der Waals surface area contributed by atoms with Crippen molar-refractivity contribution in [2.24, 2.45) is 0 Å². The Labute approximate surface area is 123 Å². The van der Waals surface area contributed by atoms with E-state index in [0.717, 1.165) is 18.5 Å². The van der Waals surface area contributed by atoms with Gasteiger partial charge in [0.25, 0.3) is 0 Å². The van der Waals surface area contributed by atoms with Crippen molar-refractivity contribution in [1.82, 2.24) is 4.31 Å². The maximum atomic E-state index is 12.0. The number of hydrogen-bond donors (Lipinski definition) is 0. The summed E-state index contributed by atoms with van der Waals surface area (Å²) in [7, 11) is -2.28. The van der Waals surface area contributed by atoms with E-state index in [1.807, 2.05) is 0 Å². The zero-order valence-corrected chi connectivity index (χ0v) is 13.8. The Kier molecular flexibility index (Phi) is 5.60. The molecular weight excluding hydrogens is 329 g/mol. The maximum absolute atomic E-state index is 12.0. The highest BCUT2D eigenvalue weighted by molar-refractivity contribution is 7.89. The molecule has 0 spiro atoms. The van der Waals surface area contributed by atoms with Crippen LogP contribution in [0.3, 0.4) is 0 Å². The van der Waals surface area contributed by atoms with Gasteiger partial charge < -0.3 is 4.52 Å². The molecule has 7 nitrogen and oxygen atoms in total. The van der Waals surface area contributed by atoms with Crippen LogP contribution in [0.15, 0.2) is 23.1 Å². The fourth-order valence-electron chi connectivity index (χ4n) is 1.22. The van der Waals surface area contributed by atoms with Crippen LogP contribution in [0, 0.1) is 0 Å². The van der Waals surface area contributed by atoms with Gasteiger partial charge in [-0.3, -0.25) is 9.05 Å². The second-order valence-electron chi connectivity index (χ2n) is 3.78. The largest absolute Gasteiger partial charge is 0.529 e. The number of halogens is 1. The van der Waals surface area contributed by atoms with Crippen LogP contribution in [0.1, 0.15) is 0 Å². The van der Waals surface area contributed by atoms with Crippen molar-refractivity contribution in [3.8, 4) is 5.75 Å². The first-order valence-corrected chi connectivity index (χ1v) is 8.57. The summed E-state index contributed by atoms with van der Waals surface area (Å²) < 4.78 is 51.0. The third-order valence-corrected chi connectivity index (χ3v) is 5.95. The first-order chi connectivity index (χ1) is 9.16. The molecule has 114 valence electrons. The molecule has 0 fully saturated rings. The van der Waals surface area contributed by atoms with Crippen LogP contribution in [0.25, 0.3) is 0 Å². The molecule has 0 aromatic heterocycles. The summed E-state index contributed by atoms with van der Waals surface area (Å²) >= 11 is 5.92. The molecule has 1 rings (SSSR count). The molecule has 1 aromatic carbocycles. The van der Waals surface area contributed by atoms with E-state index in [1.54, 1.807) is 0 Å². The van der Waals surface area contributed by atoms with Crippen LogP contribution in [-0.2, 0) is 23.6 Å². The van der Waals surface area contributed by atoms with E-state index in [0.29, 0.717) is 0 Å². The van der Waals surface area contributed by atoms with E-state index in [1.165, 1.54) is 32.3 Å². The summed E-state index contributed by atoms with van der Waals surface area (Å²) in [6.45, 7) is 0. The van der Waals surface area contributed by atoms with Gasteiger partial charge in [0, 0.05) is 34.4 Å². The van der Waals surface area contributed by atoms with Crippen molar-refractivity contribution in [3.63, 3.8) is 0 Å². The van der Waals surface area contributed by atoms with Crippen LogP contribution >= 0.6 is 19.4 Å². The number of nitrogens with zero attached hydrogens (tertiary/aromatic N) is 1. The van der Waals surface area contributed by atoms with Crippen LogP contribution in [-0.4, -0.2) is 41.0 Å². The van der Waals surface area contributed by atoms with Gasteiger partial charge in [-0.15, -0.1) is 0 Å². The van der Waals surface area contributed by atoms with Crippen molar-refractivity contribution < 1.29 is 26.6 Å². The average molecular weight is 344 g/mol. The molecular formula is C10H15ClNO6PS. The Hall–Kier alpha value is -0.630. The molecule has 0 heterocycles. The number of phosphoric acid groups is 1. The molecule has 0 aliphatic carbocycles. The predicted octanol–water partition coefficient (Wildman–Crippen LogP) is 2.37. The van der Waals surface area contributed by atoms with E-state index in [9.17, 15) is 13.0 Å². The van der Waals surface area contributed by atoms with Crippen LogP contribution in [0.4, 0.5) is 0 Å². The smallest absolute Gasteiger partial charge is 0.404 e. The lowest BCUT2D eigenvalue weighted by Gasteiger charge is -2.16. The highest BCUT2D eigenvalue weighted by atomic mass is 35.5. The Balaban J connectivity index is 3.16. The fraction of sp³-hybridized carbons (Fsp3) is 0.400. The summed E-state index contributed by atoms with van der Waals surface area (Å²) in [6, 6.07) is 3.79. The molecule has 0 N–H and O–H groups in total. The molecule has 0 saturated heterocycles. The Morgan fingerprint density at radius 2 is 1.75 bits per heavy atom. The topological polar surface area (TPSA) is 82.1 Å². The second kappa shape index (κ2) is 6.43. The molecule has 0 amide bonds. The summed E-state index contributed by atoms with van der Waals surface area (Å²) in [4.78, 5) is -0.0822. The predicted molar refractivity (Wildman–Crippen MR) is 74.6 cm³/mol. The highest BCUT2D eigenvalue weighted by Gasteiger charge is 2.26. The minimum Gasteiger partial charge on any atom is -0.404 e. The van der Waals surface area contributed by atoms with Gasteiger partial charge >= 0.3 is 7.82 Å². The van der Waals surface area contributed by atoms with Gasteiger partial charge in [-0.1, -0.05) is 11.6 Å². The first kappa shape index (κ1) is 17.4. The summed E-state index contributed by atoms with van der Waals surface area (Å²) in [5.41, 5.74) is 0. The number of phosphoric ester groups is 1. The molecule has 0 aliphatic heterocycles. The van der Waals surface area contributed by atoms with E-state index >= 15 is 0 Å². The molecule has 20 heavy (non-hydrogen) atoms. The zero-order valence-electron chi connectivity index (χ0n) is 11.4. The first-order valence-electron chi connectivity index (χ1n) is 5.29. The van der Waals surface area contributed by atoms with E-state index in [2.05, 4.69) is 9.05 Å². The molecule has 10 heteroatoms. The third-order valence-electron chi connectivity index (χ3n) is 2.33. The van der Waals surface area contributed by atoms with Gasteiger partial charge in [-0.2, -0.15) is 0 Å². The number of benzene rings is 1. The minimum atomic E-state index is -3.72. The summed E-state index contributed by atoms with van der Waals surface area (Å²) in [5, 5.41) is -0.0602. The third kappa shape index (κ3) is 3.72. The minimum absolute atomic E-state index is 0.0602. The molecule has 0 saturated carbocycles. The van der Waals surface area contributed by atoms with Gasteiger partial charge in [0.15, 0.2) is 0 Å². The zero-order chi connectivity index (χ0) is 15.6. The van der Waals surface area contributed by atoms with Crippen molar-refractivity contribution in [1.29, 1.82) is 0 Å². The molecule has 0 bridgehead atoms. The Bertz CT molecular complexity index is 625. The van der Waals surface area contributed by atoms with Crippen LogP contribution in [0.5, 0.6) is 5.75 Å². The highest BCUT2D eigenvalue weighted by Crippen LogP contribution is 2.48. The number of rotatable bonds is 6. The SMILES string of the molecule is COP(=O)(OC)Oc1ccc(S(=O)(=O)N(C)C)c(Cl)c1. The summed E-state index contributed by atoms with van der Waals surface area (Å²) in [5.74, 6) is 0.0692. The van der Waals surface area contributed by atoms with Crippen LogP contribution in [0.2, 0.25) is 5.02 Å². The number of sulfonamides is 1. The molecule has 0 aliphatic rings. The van der Waals surface area contributed by atoms with E-state index in [4.69, 9.17) is 16.1 Å². The van der Waals surface area contributed by atoms with Gasteiger partial charge in [0.05, 0.1) is 5.02 Å². The standard InChI is InChI=1S/C10H15ClNO6PS/c1-12(2)20(14,15)10-6-5-8(7-9(10)11)18-19(13,16-3)17-4/h5-7H,1-4H3. The van der Waals surface area contributed by atoms with Gasteiger partial charge in [-0.05, 0) is 12.1 Å². The van der Waals surface area contributed by atoms with E-state index < -0.39 is 17.8 Å². The lowest BCUT2D eigenvalue weighted by molar-refractivity contribution is 0.211. The molecule has 1 aromatic rings. The average Bonchev–Trinajstić information content (AvgIpc) is 2.38. The fourth-order valence-corrected chi connectivity index (χ4v) is 3.29. The lowest BCUT2D eigenvalue weighted by atomic mass is 10.3. The second-order valence-corrected chi connectivity index (χ2v) is 8.12. The van der Waals surface area contributed by atoms with Crippen molar-refractivity contribution in [2.75, 3.05) is 28.3 Å². The summed E-state index contributed by atoms with van der Waals surface area (Å²) in [6.07, 6.45) is 0. The Morgan fingerprint density at radius 1 is 1.20 bits per heavy atom. The van der Waals surface area contributed by atoms with Crippen LogP contribution < -0.4 is 4.52 Å².